The number of anilines is 1. The molecule has 2 N–H and O–H groups in total. The standard InChI is InChI=1S/C13H13ClF3N3O3/c14-9-6-10(19-3-1-7(2-4-19)12(18)21)11(20(22)23)5-8(9)13(15,16)17/h5-7H,1-4H2,(H2,18,21). The van der Waals surface area contributed by atoms with Gasteiger partial charge in [-0.1, -0.05) is 11.6 Å². The Balaban J connectivity index is 2.38. The molecular weight excluding hydrogens is 339 g/mol. The number of hydrogen-bond donors (Lipinski definition) is 1. The lowest BCUT2D eigenvalue weighted by molar-refractivity contribution is -0.384. The van der Waals surface area contributed by atoms with Gasteiger partial charge in [-0.2, -0.15) is 13.2 Å². The van der Waals surface area contributed by atoms with E-state index >= 15 is 0 Å². The summed E-state index contributed by atoms with van der Waals surface area (Å²) in [6, 6.07) is 1.39. The first-order valence-corrected chi connectivity index (χ1v) is 7.08. The zero-order chi connectivity index (χ0) is 17.4. The van der Waals surface area contributed by atoms with Gasteiger partial charge in [0, 0.05) is 25.1 Å². The SMILES string of the molecule is NC(=O)C1CCN(c2cc(Cl)c(C(F)(F)F)cc2[N+](=O)[O-])CC1. The maximum absolute atomic E-state index is 12.8. The van der Waals surface area contributed by atoms with Crippen molar-refractivity contribution in [2.75, 3.05) is 18.0 Å². The van der Waals surface area contributed by atoms with Gasteiger partial charge >= 0.3 is 6.18 Å². The van der Waals surface area contributed by atoms with Crippen molar-refractivity contribution in [1.82, 2.24) is 0 Å². The largest absolute Gasteiger partial charge is 0.418 e. The molecule has 1 fully saturated rings. The van der Waals surface area contributed by atoms with Crippen LogP contribution >= 0.6 is 11.6 Å². The summed E-state index contributed by atoms with van der Waals surface area (Å²) in [5, 5.41) is 10.5. The molecular formula is C13H13ClF3N3O3. The van der Waals surface area contributed by atoms with Crippen LogP contribution in [0.4, 0.5) is 24.5 Å². The van der Waals surface area contributed by atoms with E-state index in [1.807, 2.05) is 0 Å². The van der Waals surface area contributed by atoms with Gasteiger partial charge < -0.3 is 10.6 Å². The number of rotatable bonds is 3. The fraction of sp³-hybridized carbons (Fsp3) is 0.462. The molecule has 23 heavy (non-hydrogen) atoms. The van der Waals surface area contributed by atoms with Gasteiger partial charge in [-0.3, -0.25) is 14.9 Å². The molecule has 0 spiro atoms. The highest BCUT2D eigenvalue weighted by molar-refractivity contribution is 6.31. The summed E-state index contributed by atoms with van der Waals surface area (Å²) in [5.41, 5.74) is 3.30. The number of nitro groups is 1. The van der Waals surface area contributed by atoms with Crippen LogP contribution in [0.25, 0.3) is 0 Å². The molecule has 1 amide bonds. The molecule has 10 heteroatoms. The van der Waals surface area contributed by atoms with Crippen LogP contribution in [0.2, 0.25) is 5.02 Å². The summed E-state index contributed by atoms with van der Waals surface area (Å²) in [6.07, 6.45) is -4.02. The molecule has 0 aliphatic carbocycles. The number of nitro benzene ring substituents is 1. The minimum atomic E-state index is -4.78. The van der Waals surface area contributed by atoms with Gasteiger partial charge in [0.2, 0.25) is 5.91 Å². The topological polar surface area (TPSA) is 89.5 Å². The number of amides is 1. The van der Waals surface area contributed by atoms with E-state index in [0.29, 0.717) is 18.9 Å². The van der Waals surface area contributed by atoms with Crippen LogP contribution < -0.4 is 10.6 Å². The average molecular weight is 352 g/mol. The van der Waals surface area contributed by atoms with Crippen molar-refractivity contribution in [1.29, 1.82) is 0 Å². The van der Waals surface area contributed by atoms with E-state index in [9.17, 15) is 28.1 Å². The fourth-order valence-corrected chi connectivity index (χ4v) is 2.84. The molecule has 0 saturated carbocycles. The Morgan fingerprint density at radius 3 is 2.35 bits per heavy atom. The molecule has 0 bridgehead atoms. The molecule has 0 unspecified atom stereocenters. The van der Waals surface area contributed by atoms with E-state index in [-0.39, 0.29) is 24.7 Å². The smallest absolute Gasteiger partial charge is 0.369 e. The van der Waals surface area contributed by atoms with Crippen molar-refractivity contribution in [3.63, 3.8) is 0 Å². The van der Waals surface area contributed by atoms with Crippen molar-refractivity contribution in [3.05, 3.63) is 32.8 Å². The number of carbonyl (C=O) groups excluding carboxylic acids is 1. The first-order valence-electron chi connectivity index (χ1n) is 6.70. The van der Waals surface area contributed by atoms with Crippen molar-refractivity contribution in [2.45, 2.75) is 19.0 Å². The number of primary amides is 1. The lowest BCUT2D eigenvalue weighted by Crippen LogP contribution is -2.38. The maximum Gasteiger partial charge on any atom is 0.418 e. The van der Waals surface area contributed by atoms with Gasteiger partial charge in [0.1, 0.15) is 5.69 Å². The van der Waals surface area contributed by atoms with Crippen LogP contribution in [0.1, 0.15) is 18.4 Å². The van der Waals surface area contributed by atoms with Crippen molar-refractivity contribution in [3.8, 4) is 0 Å². The first kappa shape index (κ1) is 17.3. The van der Waals surface area contributed by atoms with Crippen LogP contribution in [0.5, 0.6) is 0 Å². The molecule has 1 saturated heterocycles. The molecule has 6 nitrogen and oxygen atoms in total. The van der Waals surface area contributed by atoms with Gasteiger partial charge in [0.25, 0.3) is 5.69 Å². The van der Waals surface area contributed by atoms with Crippen LogP contribution in [0, 0.1) is 16.0 Å². The number of benzene rings is 1. The summed E-state index contributed by atoms with van der Waals surface area (Å²) in [7, 11) is 0. The Hall–Kier alpha value is -2.03. The predicted octanol–water partition coefficient (Wildman–Crippen LogP) is 2.97. The molecule has 0 aromatic heterocycles. The highest BCUT2D eigenvalue weighted by Crippen LogP contribution is 2.42. The van der Waals surface area contributed by atoms with E-state index in [4.69, 9.17) is 17.3 Å². The van der Waals surface area contributed by atoms with Crippen LogP contribution in [-0.2, 0) is 11.0 Å². The van der Waals surface area contributed by atoms with E-state index < -0.39 is 33.3 Å². The van der Waals surface area contributed by atoms with Crippen molar-refractivity contribution < 1.29 is 22.9 Å². The van der Waals surface area contributed by atoms with Crippen LogP contribution in [-0.4, -0.2) is 23.9 Å². The lowest BCUT2D eigenvalue weighted by Gasteiger charge is -2.32. The summed E-state index contributed by atoms with van der Waals surface area (Å²) in [4.78, 5) is 22.9. The van der Waals surface area contributed by atoms with E-state index in [0.717, 1.165) is 6.07 Å². The molecule has 1 heterocycles. The second-order valence-corrected chi connectivity index (χ2v) is 5.65. The Morgan fingerprint density at radius 1 is 1.35 bits per heavy atom. The number of alkyl halides is 3. The van der Waals surface area contributed by atoms with Crippen LogP contribution in [0.3, 0.4) is 0 Å². The molecule has 1 aromatic rings. The number of halogens is 4. The number of piperidine rings is 1. The first-order chi connectivity index (χ1) is 10.6. The van der Waals surface area contributed by atoms with Gasteiger partial charge in [0.05, 0.1) is 15.5 Å². The summed E-state index contributed by atoms with van der Waals surface area (Å²) < 4.78 is 38.5. The third-order valence-corrected chi connectivity index (χ3v) is 4.12. The summed E-state index contributed by atoms with van der Waals surface area (Å²) in [6.45, 7) is 0.548. The molecule has 2 rings (SSSR count). The minimum Gasteiger partial charge on any atom is -0.369 e. The molecule has 126 valence electrons. The second-order valence-electron chi connectivity index (χ2n) is 5.24. The van der Waals surface area contributed by atoms with Gasteiger partial charge in [-0.05, 0) is 18.9 Å². The maximum atomic E-state index is 12.8. The van der Waals surface area contributed by atoms with Gasteiger partial charge in [-0.25, -0.2) is 0 Å². The average Bonchev–Trinajstić information content (AvgIpc) is 2.45. The number of nitrogens with two attached hydrogens (primary N) is 1. The van der Waals surface area contributed by atoms with Gasteiger partial charge in [-0.15, -0.1) is 0 Å². The van der Waals surface area contributed by atoms with Crippen LogP contribution in [0.15, 0.2) is 12.1 Å². The molecule has 1 aliphatic heterocycles. The van der Waals surface area contributed by atoms with E-state index in [2.05, 4.69) is 0 Å². The molecule has 1 aromatic carbocycles. The third kappa shape index (κ3) is 3.66. The summed E-state index contributed by atoms with van der Waals surface area (Å²) >= 11 is 5.65. The number of hydrogen-bond acceptors (Lipinski definition) is 4. The summed E-state index contributed by atoms with van der Waals surface area (Å²) in [5.74, 6) is -0.792. The molecule has 1 aliphatic rings. The Bertz CT molecular complexity index is 643. The zero-order valence-corrected chi connectivity index (χ0v) is 12.5. The Labute approximate surface area is 134 Å². The zero-order valence-electron chi connectivity index (χ0n) is 11.8. The van der Waals surface area contributed by atoms with Crippen molar-refractivity contribution >= 4 is 28.9 Å². The fourth-order valence-electron chi connectivity index (χ4n) is 2.57. The molecule has 0 radical (unpaired) electrons. The predicted molar refractivity (Wildman–Crippen MR) is 77.2 cm³/mol. The monoisotopic (exact) mass is 351 g/mol. The molecule has 0 atom stereocenters. The minimum absolute atomic E-state index is 0.0101. The number of nitrogens with zero attached hydrogens (tertiary/aromatic N) is 2. The van der Waals surface area contributed by atoms with E-state index in [1.165, 1.54) is 0 Å². The van der Waals surface area contributed by atoms with E-state index in [1.54, 1.807) is 4.90 Å². The van der Waals surface area contributed by atoms with Crippen molar-refractivity contribution in [2.24, 2.45) is 11.7 Å². The normalized spacial score (nSPS) is 16.4. The highest BCUT2D eigenvalue weighted by atomic mass is 35.5. The number of carbonyl (C=O) groups is 1. The highest BCUT2D eigenvalue weighted by Gasteiger charge is 2.37. The quantitative estimate of drug-likeness (QED) is 0.669. The lowest BCUT2D eigenvalue weighted by atomic mass is 9.95. The van der Waals surface area contributed by atoms with Gasteiger partial charge in [0.15, 0.2) is 0 Å². The second kappa shape index (κ2) is 6.23. The third-order valence-electron chi connectivity index (χ3n) is 3.80. The Kier molecular flexibility index (Phi) is 4.69. The Morgan fingerprint density at radius 2 is 1.91 bits per heavy atom.